The minimum atomic E-state index is -0.587. The van der Waals surface area contributed by atoms with Gasteiger partial charge in [-0.2, -0.15) is 0 Å². The average molecular weight is 598 g/mol. The summed E-state index contributed by atoms with van der Waals surface area (Å²) in [6, 6.07) is 14.0. The predicted molar refractivity (Wildman–Crippen MR) is 164 cm³/mol. The maximum atomic E-state index is 15.4. The zero-order valence-corrected chi connectivity index (χ0v) is 26.1. The lowest BCUT2D eigenvalue weighted by Gasteiger charge is -2.49. The minimum absolute atomic E-state index is 0.0434. The van der Waals surface area contributed by atoms with E-state index in [-0.39, 0.29) is 36.5 Å². The van der Waals surface area contributed by atoms with Gasteiger partial charge in [-0.1, -0.05) is 39.8 Å². The Morgan fingerprint density at radius 1 is 1.07 bits per heavy atom. The van der Waals surface area contributed by atoms with Crippen LogP contribution in [0.1, 0.15) is 64.5 Å². The zero-order chi connectivity index (χ0) is 30.6. The first kappa shape index (κ1) is 31.7. The number of rotatable bonds is 12. The number of carbonyl (C=O) groups excluding carboxylic acids is 1. The number of nitrogens with one attached hydrogen (secondary N) is 1. The van der Waals surface area contributed by atoms with E-state index in [0.717, 1.165) is 42.8 Å². The largest absolute Gasteiger partial charge is 0.630 e. The second kappa shape index (κ2) is 13.5. The lowest BCUT2D eigenvalue weighted by Crippen LogP contribution is -2.59. The highest BCUT2D eigenvalue weighted by atomic mass is 19.1. The summed E-state index contributed by atoms with van der Waals surface area (Å²) in [6.07, 6.45) is 2.30. The van der Waals surface area contributed by atoms with Gasteiger partial charge in [-0.25, -0.2) is 9.18 Å². The normalized spacial score (nSPS) is 26.9. The number of ether oxygens (including phenoxy) is 3. The van der Waals surface area contributed by atoms with Crippen LogP contribution in [0.2, 0.25) is 0 Å². The number of hydrogen-bond donors (Lipinski definition) is 1. The molecule has 8 nitrogen and oxygen atoms in total. The number of hydrogen-bond acceptors (Lipinski definition) is 6. The van der Waals surface area contributed by atoms with Crippen molar-refractivity contribution in [1.82, 2.24) is 10.2 Å². The van der Waals surface area contributed by atoms with E-state index in [1.54, 1.807) is 12.1 Å². The molecule has 0 saturated carbocycles. The first-order valence-electron chi connectivity index (χ1n) is 16.0. The molecule has 2 unspecified atom stereocenters. The summed E-state index contributed by atoms with van der Waals surface area (Å²) in [5, 5.41) is 18.9. The molecule has 1 amide bonds. The van der Waals surface area contributed by atoms with Crippen molar-refractivity contribution in [2.45, 2.75) is 90.3 Å². The molecule has 0 bridgehead atoms. The lowest BCUT2D eigenvalue weighted by molar-refractivity contribution is -0.940. The highest BCUT2D eigenvalue weighted by Crippen LogP contribution is 2.48. The van der Waals surface area contributed by atoms with E-state index in [1.165, 1.54) is 12.1 Å². The van der Waals surface area contributed by atoms with E-state index in [0.29, 0.717) is 44.9 Å². The molecule has 3 saturated heterocycles. The van der Waals surface area contributed by atoms with Gasteiger partial charge in [0, 0.05) is 24.9 Å². The molecule has 3 fully saturated rings. The Balaban J connectivity index is 1.41. The van der Waals surface area contributed by atoms with Gasteiger partial charge in [0.25, 0.3) is 0 Å². The zero-order valence-electron chi connectivity index (χ0n) is 26.1. The second-order valence-electron chi connectivity index (χ2n) is 13.3. The number of benzene rings is 2. The van der Waals surface area contributed by atoms with Crippen LogP contribution in [-0.2, 0) is 22.4 Å². The lowest BCUT2D eigenvalue weighted by atomic mass is 9.81. The van der Waals surface area contributed by atoms with Crippen LogP contribution < -0.4 is 10.1 Å². The monoisotopic (exact) mass is 597 g/mol. The van der Waals surface area contributed by atoms with Crippen LogP contribution in [0.5, 0.6) is 5.75 Å². The summed E-state index contributed by atoms with van der Waals surface area (Å²) in [5.41, 5.74) is 1.28. The van der Waals surface area contributed by atoms with Crippen LogP contribution in [0.4, 0.5) is 9.18 Å². The van der Waals surface area contributed by atoms with Crippen molar-refractivity contribution in [2.24, 2.45) is 11.8 Å². The van der Waals surface area contributed by atoms with Crippen LogP contribution in [0.3, 0.4) is 0 Å². The molecule has 1 N–H and O–H groups in total. The summed E-state index contributed by atoms with van der Waals surface area (Å²) in [7, 11) is 0. The number of cyclic esters (lactones) is 1. The van der Waals surface area contributed by atoms with Gasteiger partial charge >= 0.3 is 6.09 Å². The Kier molecular flexibility index (Phi) is 9.96. The van der Waals surface area contributed by atoms with Gasteiger partial charge in [0.2, 0.25) is 0 Å². The topological polar surface area (TPSA) is 83.1 Å². The Morgan fingerprint density at radius 3 is 2.40 bits per heavy atom. The molecular formula is C34H48FN3O5. The van der Waals surface area contributed by atoms with Crippen molar-refractivity contribution in [3.05, 3.63) is 70.7 Å². The molecule has 43 heavy (non-hydrogen) atoms. The standard InChI is InChI=1S/C34H48FN3O5/c1-24(2)22-41-29-13-9-27(10-14-29)21-38(40)31(20-26-7-11-28(35)12-8-26)34(15-17-36-18-16-34)43-32(38)6-5-19-37-30(25(3)4)23-42-33(37)39/h7-14,24-25,30-32,36H,5-6,15-23H2,1-4H3/t30-,31?,32+,38?/m1/s1. The van der Waals surface area contributed by atoms with Crippen molar-refractivity contribution < 1.29 is 28.0 Å². The van der Waals surface area contributed by atoms with Crippen molar-refractivity contribution in [1.29, 1.82) is 0 Å². The Labute approximate surface area is 255 Å². The summed E-state index contributed by atoms with van der Waals surface area (Å²) < 4.78 is 31.5. The number of piperidine rings is 1. The van der Waals surface area contributed by atoms with Gasteiger partial charge < -0.3 is 34.3 Å². The maximum Gasteiger partial charge on any atom is 0.410 e. The van der Waals surface area contributed by atoms with Gasteiger partial charge in [-0.15, -0.1) is 0 Å². The first-order valence-corrected chi connectivity index (χ1v) is 16.0. The van der Waals surface area contributed by atoms with E-state index in [1.807, 2.05) is 29.2 Å². The summed E-state index contributed by atoms with van der Waals surface area (Å²) in [4.78, 5) is 14.3. The summed E-state index contributed by atoms with van der Waals surface area (Å²) in [5.74, 6) is 1.21. The highest BCUT2D eigenvalue weighted by molar-refractivity contribution is 5.70. The van der Waals surface area contributed by atoms with E-state index in [9.17, 15) is 9.18 Å². The van der Waals surface area contributed by atoms with E-state index >= 15 is 5.21 Å². The highest BCUT2D eigenvalue weighted by Gasteiger charge is 2.60. The Bertz CT molecular complexity index is 1200. The molecule has 0 aliphatic carbocycles. The number of halogens is 1. The molecule has 3 heterocycles. The van der Waals surface area contributed by atoms with Crippen LogP contribution >= 0.6 is 0 Å². The minimum Gasteiger partial charge on any atom is -0.630 e. The fourth-order valence-corrected chi connectivity index (χ4v) is 6.96. The molecule has 4 atom stereocenters. The fraction of sp³-hybridized carbons (Fsp3) is 0.618. The SMILES string of the molecule is CC(C)COc1ccc(C[N+]2([O-])C(Cc3ccc(F)cc3)C3(CCNCC3)O[C@H]2CCCN2C(=O)OC[C@@H]2C(C)C)cc1. The molecule has 3 aliphatic rings. The molecule has 2 aromatic carbocycles. The number of amides is 1. The fourth-order valence-electron chi connectivity index (χ4n) is 6.96. The van der Waals surface area contributed by atoms with Gasteiger partial charge in [0.05, 0.1) is 12.6 Å². The molecule has 1 spiro atoms. The molecule has 236 valence electrons. The van der Waals surface area contributed by atoms with Crippen molar-refractivity contribution >= 4 is 6.09 Å². The predicted octanol–water partition coefficient (Wildman–Crippen LogP) is 6.02. The second-order valence-corrected chi connectivity index (χ2v) is 13.3. The maximum absolute atomic E-state index is 15.4. The number of nitrogens with zero attached hydrogens (tertiary/aromatic N) is 2. The van der Waals surface area contributed by atoms with Crippen LogP contribution in [0.15, 0.2) is 48.5 Å². The van der Waals surface area contributed by atoms with E-state index in [2.05, 4.69) is 33.0 Å². The van der Waals surface area contributed by atoms with Gasteiger partial charge in [0.15, 0.2) is 6.23 Å². The molecule has 3 aliphatic heterocycles. The number of quaternary nitrogens is 1. The number of hydroxylamine groups is 3. The van der Waals surface area contributed by atoms with Gasteiger partial charge in [0.1, 0.15) is 36.4 Å². The third kappa shape index (κ3) is 7.17. The molecule has 2 aromatic rings. The number of carbonyl (C=O) groups is 1. The smallest absolute Gasteiger partial charge is 0.410 e. The Hall–Kier alpha value is -2.72. The van der Waals surface area contributed by atoms with Crippen molar-refractivity contribution in [2.75, 3.05) is 32.8 Å². The van der Waals surface area contributed by atoms with Gasteiger partial charge in [-0.05, 0) is 86.1 Å². The quantitative estimate of drug-likeness (QED) is 0.238. The summed E-state index contributed by atoms with van der Waals surface area (Å²) >= 11 is 0. The molecule has 0 aromatic heterocycles. The van der Waals surface area contributed by atoms with Crippen LogP contribution in [0, 0.1) is 22.9 Å². The molecular weight excluding hydrogens is 549 g/mol. The first-order chi connectivity index (χ1) is 20.6. The van der Waals surface area contributed by atoms with Crippen LogP contribution in [0.25, 0.3) is 0 Å². The van der Waals surface area contributed by atoms with E-state index < -0.39 is 16.5 Å². The van der Waals surface area contributed by atoms with Gasteiger partial charge in [-0.3, -0.25) is 0 Å². The average Bonchev–Trinajstić information content (AvgIpc) is 3.45. The van der Waals surface area contributed by atoms with Crippen molar-refractivity contribution in [3.8, 4) is 5.75 Å². The van der Waals surface area contributed by atoms with Crippen molar-refractivity contribution in [3.63, 3.8) is 0 Å². The third-order valence-corrected chi connectivity index (χ3v) is 9.35. The van der Waals surface area contributed by atoms with Crippen LogP contribution in [-0.4, -0.2) is 72.4 Å². The molecule has 5 rings (SSSR count). The molecule has 9 heteroatoms. The third-order valence-electron chi connectivity index (χ3n) is 9.35. The molecule has 0 radical (unpaired) electrons. The summed E-state index contributed by atoms with van der Waals surface area (Å²) in [6.45, 7) is 11.8. The van der Waals surface area contributed by atoms with E-state index in [4.69, 9.17) is 14.2 Å². The Morgan fingerprint density at radius 2 is 1.74 bits per heavy atom.